The molecule has 3 nitrogen and oxygen atoms in total. The average Bonchev–Trinajstić information content (AvgIpc) is 2.20. The maximum Gasteiger partial charge on any atom is 0.242 e. The number of rotatable bonds is 0. The van der Waals surface area contributed by atoms with Crippen LogP contribution in [0.2, 0.25) is 0 Å². The fraction of sp³-hybridized carbons (Fsp3) is 0.333. The maximum atomic E-state index is 11.5. The van der Waals surface area contributed by atoms with Crippen molar-refractivity contribution < 1.29 is 4.79 Å². The summed E-state index contributed by atoms with van der Waals surface area (Å²) in [6.07, 6.45) is 0.527. The number of carbonyl (C=O) groups excluding carboxylic acids is 1. The van der Waals surface area contributed by atoms with Crippen LogP contribution in [-0.2, 0) is 11.2 Å². The highest BCUT2D eigenvalue weighted by molar-refractivity contribution is 5.97. The highest BCUT2D eigenvalue weighted by Crippen LogP contribution is 2.28. The van der Waals surface area contributed by atoms with Gasteiger partial charge >= 0.3 is 0 Å². The van der Waals surface area contributed by atoms with Gasteiger partial charge in [0.1, 0.15) is 5.92 Å². The van der Waals surface area contributed by atoms with Gasteiger partial charge in [0.15, 0.2) is 0 Å². The lowest BCUT2D eigenvalue weighted by Crippen LogP contribution is -2.28. The van der Waals surface area contributed by atoms with Crippen molar-refractivity contribution in [3.8, 4) is 6.07 Å². The molecule has 0 spiro atoms. The minimum absolute atomic E-state index is 0.187. The molecule has 0 saturated carbocycles. The van der Waals surface area contributed by atoms with Gasteiger partial charge in [0.2, 0.25) is 5.91 Å². The summed E-state index contributed by atoms with van der Waals surface area (Å²) in [5.41, 5.74) is 4.27. The molecule has 1 aromatic rings. The summed E-state index contributed by atoms with van der Waals surface area (Å²) in [5.74, 6) is -0.729. The minimum Gasteiger partial charge on any atom is -0.325 e. The lowest BCUT2D eigenvalue weighted by atomic mass is 9.92. The number of nitrogens with one attached hydrogen (secondary N) is 1. The number of hydrogen-bond acceptors (Lipinski definition) is 2. The summed E-state index contributed by atoms with van der Waals surface area (Å²) < 4.78 is 0. The first kappa shape index (κ1) is 9.72. The number of anilines is 1. The van der Waals surface area contributed by atoms with Gasteiger partial charge in [-0.2, -0.15) is 5.26 Å². The van der Waals surface area contributed by atoms with E-state index in [1.165, 1.54) is 5.56 Å². The van der Waals surface area contributed by atoms with Gasteiger partial charge in [0.25, 0.3) is 0 Å². The summed E-state index contributed by atoms with van der Waals surface area (Å²) in [5, 5.41) is 11.6. The second-order valence-electron chi connectivity index (χ2n) is 3.97. The zero-order valence-electron chi connectivity index (χ0n) is 8.79. The van der Waals surface area contributed by atoms with E-state index in [9.17, 15) is 4.79 Å². The Balaban J connectivity index is 2.46. The van der Waals surface area contributed by atoms with Gasteiger partial charge in [-0.1, -0.05) is 6.07 Å². The molecule has 1 unspecified atom stereocenters. The largest absolute Gasteiger partial charge is 0.325 e. The second kappa shape index (κ2) is 3.39. The van der Waals surface area contributed by atoms with E-state index in [4.69, 9.17) is 5.26 Å². The molecule has 0 aromatic heterocycles. The Morgan fingerprint density at radius 3 is 2.73 bits per heavy atom. The molecule has 2 rings (SSSR count). The van der Waals surface area contributed by atoms with Crippen LogP contribution in [0.4, 0.5) is 5.69 Å². The number of fused-ring (bicyclic) bond motifs is 1. The number of aryl methyl sites for hydroxylation is 2. The molecule has 0 saturated heterocycles. The summed E-state index contributed by atoms with van der Waals surface area (Å²) in [6.45, 7) is 4.05. The predicted molar refractivity (Wildman–Crippen MR) is 57.4 cm³/mol. The van der Waals surface area contributed by atoms with Crippen molar-refractivity contribution >= 4 is 11.6 Å². The smallest absolute Gasteiger partial charge is 0.242 e. The Morgan fingerprint density at radius 1 is 1.40 bits per heavy atom. The third-order valence-corrected chi connectivity index (χ3v) is 2.87. The van der Waals surface area contributed by atoms with Crippen molar-refractivity contribution in [2.24, 2.45) is 5.92 Å². The number of benzene rings is 1. The van der Waals surface area contributed by atoms with E-state index in [0.717, 1.165) is 16.8 Å². The second-order valence-corrected chi connectivity index (χ2v) is 3.97. The molecule has 0 bridgehead atoms. The molecule has 1 aliphatic rings. The van der Waals surface area contributed by atoms with Crippen molar-refractivity contribution in [3.63, 3.8) is 0 Å². The van der Waals surface area contributed by atoms with E-state index >= 15 is 0 Å². The van der Waals surface area contributed by atoms with Crippen LogP contribution in [0.1, 0.15) is 16.7 Å². The first-order valence-corrected chi connectivity index (χ1v) is 4.92. The van der Waals surface area contributed by atoms with Crippen molar-refractivity contribution in [2.75, 3.05) is 5.32 Å². The molecule has 0 fully saturated rings. The van der Waals surface area contributed by atoms with Crippen LogP contribution in [0.25, 0.3) is 0 Å². The normalized spacial score (nSPS) is 19.0. The van der Waals surface area contributed by atoms with Crippen LogP contribution in [0.5, 0.6) is 0 Å². The van der Waals surface area contributed by atoms with E-state index in [1.54, 1.807) is 0 Å². The molecule has 1 heterocycles. The Hall–Kier alpha value is -1.82. The van der Waals surface area contributed by atoms with Crippen LogP contribution >= 0.6 is 0 Å². The van der Waals surface area contributed by atoms with Crippen molar-refractivity contribution in [1.29, 1.82) is 5.26 Å². The fourth-order valence-corrected chi connectivity index (χ4v) is 1.80. The first-order chi connectivity index (χ1) is 7.11. The van der Waals surface area contributed by atoms with Crippen LogP contribution in [0, 0.1) is 31.1 Å². The summed E-state index contributed by atoms with van der Waals surface area (Å²) in [4.78, 5) is 11.5. The van der Waals surface area contributed by atoms with E-state index in [-0.39, 0.29) is 5.91 Å². The van der Waals surface area contributed by atoms with Crippen molar-refractivity contribution in [3.05, 3.63) is 28.8 Å². The zero-order chi connectivity index (χ0) is 11.0. The van der Waals surface area contributed by atoms with Gasteiger partial charge in [0.05, 0.1) is 6.07 Å². The summed E-state index contributed by atoms with van der Waals surface area (Å²) in [6, 6.07) is 6.04. The Kier molecular flexibility index (Phi) is 2.20. The zero-order valence-corrected chi connectivity index (χ0v) is 8.79. The van der Waals surface area contributed by atoms with E-state index in [0.29, 0.717) is 6.42 Å². The molecule has 1 atom stereocenters. The SMILES string of the molecule is Cc1cc2c(cc1C)NC(=O)C(C#N)C2. The van der Waals surface area contributed by atoms with Gasteiger partial charge in [-0.15, -0.1) is 0 Å². The van der Waals surface area contributed by atoms with Gasteiger partial charge < -0.3 is 5.32 Å². The standard InChI is InChI=1S/C12H12N2O/c1-7-3-9-5-10(6-13)12(15)14-11(9)4-8(7)2/h3-4,10H,5H2,1-2H3,(H,14,15). The first-order valence-electron chi connectivity index (χ1n) is 4.92. The Bertz CT molecular complexity index is 471. The Morgan fingerprint density at radius 2 is 2.07 bits per heavy atom. The monoisotopic (exact) mass is 200 g/mol. The molecular weight excluding hydrogens is 188 g/mol. The molecule has 0 aliphatic carbocycles. The number of nitriles is 1. The van der Waals surface area contributed by atoms with Crippen LogP contribution in [-0.4, -0.2) is 5.91 Å². The van der Waals surface area contributed by atoms with Crippen molar-refractivity contribution in [2.45, 2.75) is 20.3 Å². The molecule has 76 valence electrons. The lowest BCUT2D eigenvalue weighted by molar-refractivity contribution is -0.118. The van der Waals surface area contributed by atoms with Crippen LogP contribution in [0.3, 0.4) is 0 Å². The van der Waals surface area contributed by atoms with Crippen molar-refractivity contribution in [1.82, 2.24) is 0 Å². The van der Waals surface area contributed by atoms with E-state index in [2.05, 4.69) is 11.4 Å². The van der Waals surface area contributed by atoms with Gasteiger partial charge in [-0.25, -0.2) is 0 Å². The molecule has 1 amide bonds. The quantitative estimate of drug-likeness (QED) is 0.695. The fourth-order valence-electron chi connectivity index (χ4n) is 1.80. The van der Waals surface area contributed by atoms with E-state index in [1.807, 2.05) is 26.0 Å². The number of amides is 1. The van der Waals surface area contributed by atoms with E-state index < -0.39 is 5.92 Å². The van der Waals surface area contributed by atoms with Crippen LogP contribution < -0.4 is 5.32 Å². The number of carbonyl (C=O) groups is 1. The molecule has 3 heteroatoms. The molecule has 15 heavy (non-hydrogen) atoms. The molecule has 0 radical (unpaired) electrons. The van der Waals surface area contributed by atoms with Gasteiger partial charge in [-0.05, 0) is 43.0 Å². The molecule has 1 N–H and O–H groups in total. The summed E-state index contributed by atoms with van der Waals surface area (Å²) in [7, 11) is 0. The molecular formula is C12H12N2O. The topological polar surface area (TPSA) is 52.9 Å². The highest BCUT2D eigenvalue weighted by atomic mass is 16.1. The van der Waals surface area contributed by atoms with Gasteiger partial charge in [-0.3, -0.25) is 4.79 Å². The predicted octanol–water partition coefficient (Wildman–Crippen LogP) is 1.94. The lowest BCUT2D eigenvalue weighted by Gasteiger charge is -2.21. The number of hydrogen-bond donors (Lipinski definition) is 1. The minimum atomic E-state index is -0.542. The summed E-state index contributed by atoms with van der Waals surface area (Å²) >= 11 is 0. The van der Waals surface area contributed by atoms with Crippen LogP contribution in [0.15, 0.2) is 12.1 Å². The van der Waals surface area contributed by atoms with Gasteiger partial charge in [0, 0.05) is 5.69 Å². The highest BCUT2D eigenvalue weighted by Gasteiger charge is 2.25. The number of nitrogens with zero attached hydrogens (tertiary/aromatic N) is 1. The third kappa shape index (κ3) is 1.59. The average molecular weight is 200 g/mol. The maximum absolute atomic E-state index is 11.5. The molecule has 1 aromatic carbocycles. The Labute approximate surface area is 88.7 Å². The molecule has 1 aliphatic heterocycles. The third-order valence-electron chi connectivity index (χ3n) is 2.87.